The van der Waals surface area contributed by atoms with Crippen LogP contribution in [-0.4, -0.2) is 14.5 Å². The van der Waals surface area contributed by atoms with Crippen LogP contribution in [0.15, 0.2) is 57.7 Å². The Morgan fingerprint density at radius 1 is 1.10 bits per heavy atom. The first-order chi connectivity index (χ1) is 9.83. The number of hydrogen-bond donors (Lipinski definition) is 0. The smallest absolute Gasteiger partial charge is 0.209 e. The van der Waals surface area contributed by atoms with E-state index in [-0.39, 0.29) is 0 Å². The van der Waals surface area contributed by atoms with Crippen LogP contribution in [0.4, 0.5) is 0 Å². The molecule has 0 amide bonds. The first kappa shape index (κ1) is 11.3. The fraction of sp³-hybridized carbons (Fsp3) is 0. The summed E-state index contributed by atoms with van der Waals surface area (Å²) in [7, 11) is 0. The molecule has 4 rings (SSSR count). The largest absolute Gasteiger partial charge is 0.461 e. The lowest BCUT2D eigenvalue weighted by Gasteiger charge is -2.02. The second-order valence-corrected chi connectivity index (χ2v) is 4.54. The summed E-state index contributed by atoms with van der Waals surface area (Å²) in [6, 6.07) is 10.8. The highest BCUT2D eigenvalue weighted by atomic mass is 35.5. The van der Waals surface area contributed by atoms with Crippen LogP contribution in [0, 0.1) is 0 Å². The number of pyridine rings is 1. The van der Waals surface area contributed by atoms with Crippen LogP contribution < -0.4 is 0 Å². The minimum absolute atomic E-state index is 0.308. The molecule has 0 saturated carbocycles. The summed E-state index contributed by atoms with van der Waals surface area (Å²) < 4.78 is 12.7. The molecule has 0 aliphatic carbocycles. The van der Waals surface area contributed by atoms with Crippen molar-refractivity contribution in [3.63, 3.8) is 0 Å². The van der Waals surface area contributed by atoms with Gasteiger partial charge in [0, 0.05) is 12.3 Å². The molecule has 0 bridgehead atoms. The number of fused-ring (bicyclic) bond motifs is 1. The first-order valence-corrected chi connectivity index (χ1v) is 6.34. The van der Waals surface area contributed by atoms with E-state index in [9.17, 15) is 0 Å². The monoisotopic (exact) mass is 285 g/mol. The van der Waals surface area contributed by atoms with Crippen molar-refractivity contribution in [3.8, 4) is 17.5 Å². The molecule has 6 heteroatoms. The summed E-state index contributed by atoms with van der Waals surface area (Å²) in [5.74, 6) is 1.80. The fourth-order valence-electron chi connectivity index (χ4n) is 2.12. The second-order valence-electron chi connectivity index (χ2n) is 4.17. The van der Waals surface area contributed by atoms with Gasteiger partial charge in [0.1, 0.15) is 5.52 Å². The number of hydrogen-bond acceptors (Lipinski definition) is 4. The average molecular weight is 286 g/mol. The predicted molar refractivity (Wildman–Crippen MR) is 73.8 cm³/mol. The summed E-state index contributed by atoms with van der Waals surface area (Å²) in [4.78, 5) is 8.90. The predicted octanol–water partition coefficient (Wildman–Crippen LogP) is 3.93. The number of furan rings is 2. The zero-order valence-electron chi connectivity index (χ0n) is 10.2. The SMILES string of the molecule is Clc1ccc(-n2c(-c3ccco3)nc3cccnc32)o1. The maximum absolute atomic E-state index is 5.86. The Morgan fingerprint density at radius 3 is 2.80 bits per heavy atom. The van der Waals surface area contributed by atoms with Gasteiger partial charge >= 0.3 is 0 Å². The molecular formula is C14H8ClN3O2. The van der Waals surface area contributed by atoms with Crippen molar-refractivity contribution in [1.82, 2.24) is 14.5 Å². The molecular weight excluding hydrogens is 278 g/mol. The molecule has 5 nitrogen and oxygen atoms in total. The van der Waals surface area contributed by atoms with Crippen molar-refractivity contribution in [2.24, 2.45) is 0 Å². The number of nitrogens with zero attached hydrogens (tertiary/aromatic N) is 3. The van der Waals surface area contributed by atoms with E-state index < -0.39 is 0 Å². The molecule has 0 spiro atoms. The standard InChI is InChI=1S/C14H8ClN3O2/c15-11-5-6-12(20-11)18-13-9(3-1-7-16-13)17-14(18)10-4-2-8-19-10/h1-8H. The van der Waals surface area contributed by atoms with Crippen molar-refractivity contribution in [1.29, 1.82) is 0 Å². The topological polar surface area (TPSA) is 57.0 Å². The van der Waals surface area contributed by atoms with Crippen LogP contribution >= 0.6 is 11.6 Å². The van der Waals surface area contributed by atoms with Crippen LogP contribution in [0.5, 0.6) is 0 Å². The van der Waals surface area contributed by atoms with Gasteiger partial charge in [-0.3, -0.25) is 0 Å². The third-order valence-electron chi connectivity index (χ3n) is 2.94. The Labute approximate surface area is 118 Å². The molecule has 0 N–H and O–H groups in total. The van der Waals surface area contributed by atoms with E-state index in [4.69, 9.17) is 20.4 Å². The van der Waals surface area contributed by atoms with Gasteiger partial charge in [-0.15, -0.1) is 0 Å². The second kappa shape index (κ2) is 4.25. The van der Waals surface area contributed by atoms with Gasteiger partial charge in [0.25, 0.3) is 0 Å². The minimum atomic E-state index is 0.308. The van der Waals surface area contributed by atoms with E-state index in [1.165, 1.54) is 0 Å². The van der Waals surface area contributed by atoms with Crippen molar-refractivity contribution >= 4 is 22.8 Å². The molecule has 0 atom stereocenters. The highest BCUT2D eigenvalue weighted by Gasteiger charge is 2.18. The maximum atomic E-state index is 5.86. The lowest BCUT2D eigenvalue weighted by Crippen LogP contribution is -1.96. The van der Waals surface area contributed by atoms with Gasteiger partial charge in [-0.1, -0.05) is 0 Å². The van der Waals surface area contributed by atoms with Gasteiger partial charge in [0.05, 0.1) is 6.26 Å². The lowest BCUT2D eigenvalue weighted by atomic mass is 10.4. The van der Waals surface area contributed by atoms with Crippen LogP contribution in [-0.2, 0) is 0 Å². The zero-order chi connectivity index (χ0) is 13.5. The summed E-state index contributed by atoms with van der Waals surface area (Å²) >= 11 is 5.86. The highest BCUT2D eigenvalue weighted by Crippen LogP contribution is 2.29. The molecule has 0 radical (unpaired) electrons. The lowest BCUT2D eigenvalue weighted by molar-refractivity contribution is 0.537. The molecule has 0 aromatic carbocycles. The molecule has 0 saturated heterocycles. The first-order valence-electron chi connectivity index (χ1n) is 5.96. The molecule has 20 heavy (non-hydrogen) atoms. The quantitative estimate of drug-likeness (QED) is 0.560. The van der Waals surface area contributed by atoms with Crippen molar-refractivity contribution in [2.45, 2.75) is 0 Å². The van der Waals surface area contributed by atoms with E-state index in [1.807, 2.05) is 24.3 Å². The van der Waals surface area contributed by atoms with Gasteiger partial charge < -0.3 is 8.83 Å². The summed E-state index contributed by atoms with van der Waals surface area (Å²) in [6.07, 6.45) is 3.30. The summed E-state index contributed by atoms with van der Waals surface area (Å²) in [5.41, 5.74) is 1.44. The molecule has 4 aromatic heterocycles. The zero-order valence-corrected chi connectivity index (χ0v) is 10.9. The molecule has 0 aliphatic rings. The molecule has 0 unspecified atom stereocenters. The van der Waals surface area contributed by atoms with E-state index in [1.54, 1.807) is 29.2 Å². The van der Waals surface area contributed by atoms with Crippen molar-refractivity contribution in [3.05, 3.63) is 54.1 Å². The van der Waals surface area contributed by atoms with E-state index in [0.29, 0.717) is 28.3 Å². The summed E-state index contributed by atoms with van der Waals surface area (Å²) in [6.45, 7) is 0. The number of halogens is 1. The normalized spacial score (nSPS) is 11.2. The summed E-state index contributed by atoms with van der Waals surface area (Å²) in [5, 5.41) is 0.308. The van der Waals surface area contributed by atoms with Crippen LogP contribution in [0.3, 0.4) is 0 Å². The van der Waals surface area contributed by atoms with Gasteiger partial charge in [-0.25, -0.2) is 14.5 Å². The number of rotatable bonds is 2. The van der Waals surface area contributed by atoms with E-state index in [0.717, 1.165) is 5.52 Å². The van der Waals surface area contributed by atoms with E-state index >= 15 is 0 Å². The Balaban J connectivity index is 2.08. The van der Waals surface area contributed by atoms with E-state index in [2.05, 4.69) is 9.97 Å². The fourth-order valence-corrected chi connectivity index (χ4v) is 2.26. The van der Waals surface area contributed by atoms with Gasteiger partial charge in [-0.05, 0) is 41.9 Å². The Hall–Kier alpha value is -2.53. The van der Waals surface area contributed by atoms with Crippen LogP contribution in [0.25, 0.3) is 28.6 Å². The molecule has 0 fully saturated rings. The Bertz CT molecular complexity index is 877. The Kier molecular flexibility index (Phi) is 2.40. The average Bonchev–Trinajstić information content (AvgIpc) is 3.16. The third-order valence-corrected chi connectivity index (χ3v) is 3.14. The van der Waals surface area contributed by atoms with Crippen LogP contribution in [0.1, 0.15) is 0 Å². The molecule has 4 heterocycles. The maximum Gasteiger partial charge on any atom is 0.209 e. The highest BCUT2D eigenvalue weighted by molar-refractivity contribution is 6.28. The third kappa shape index (κ3) is 1.64. The molecule has 0 aliphatic heterocycles. The van der Waals surface area contributed by atoms with Gasteiger partial charge in [0.15, 0.2) is 22.5 Å². The molecule has 98 valence electrons. The molecule has 4 aromatic rings. The van der Waals surface area contributed by atoms with Gasteiger partial charge in [0.2, 0.25) is 5.88 Å². The minimum Gasteiger partial charge on any atom is -0.461 e. The number of imidazole rings is 1. The Morgan fingerprint density at radius 2 is 2.05 bits per heavy atom. The number of aromatic nitrogens is 3. The van der Waals surface area contributed by atoms with Crippen molar-refractivity contribution < 1.29 is 8.83 Å². The van der Waals surface area contributed by atoms with Gasteiger partial charge in [-0.2, -0.15) is 0 Å². The van der Waals surface area contributed by atoms with Crippen molar-refractivity contribution in [2.75, 3.05) is 0 Å². The van der Waals surface area contributed by atoms with Crippen LogP contribution in [0.2, 0.25) is 5.22 Å².